The van der Waals surface area contributed by atoms with Gasteiger partial charge in [0.15, 0.2) is 0 Å². The molecule has 10 heteroatoms. The highest BCUT2D eigenvalue weighted by molar-refractivity contribution is 5.96. The maximum absolute atomic E-state index is 13.8. The van der Waals surface area contributed by atoms with Gasteiger partial charge < -0.3 is 10.2 Å². The van der Waals surface area contributed by atoms with E-state index < -0.39 is 35.0 Å². The van der Waals surface area contributed by atoms with E-state index in [-0.39, 0.29) is 24.9 Å². The zero-order chi connectivity index (χ0) is 29.1. The van der Waals surface area contributed by atoms with Gasteiger partial charge in [0, 0.05) is 13.1 Å². The van der Waals surface area contributed by atoms with Gasteiger partial charge in [0.05, 0.1) is 22.8 Å². The van der Waals surface area contributed by atoms with Gasteiger partial charge in [-0.25, -0.2) is 0 Å². The number of nitriles is 1. The van der Waals surface area contributed by atoms with Crippen LogP contribution in [0.5, 0.6) is 0 Å². The number of amides is 2. The molecule has 0 spiro atoms. The van der Waals surface area contributed by atoms with Crippen molar-refractivity contribution in [2.24, 2.45) is 11.7 Å². The molecule has 2 unspecified atom stereocenters. The average Bonchev–Trinajstić information content (AvgIpc) is 3.16. The van der Waals surface area contributed by atoms with Crippen molar-refractivity contribution in [1.29, 1.82) is 5.26 Å². The maximum atomic E-state index is 13.8. The number of nitrogens with two attached hydrogens (primary N) is 1. The molecule has 0 radical (unpaired) electrons. The van der Waals surface area contributed by atoms with E-state index in [0.29, 0.717) is 23.1 Å². The molecule has 4 N–H and O–H groups in total. The molecule has 1 heterocycles. The fourth-order valence-electron chi connectivity index (χ4n) is 5.04. The molecule has 7 nitrogen and oxygen atoms in total. The summed E-state index contributed by atoms with van der Waals surface area (Å²) in [5.74, 6) is -1.06. The fourth-order valence-corrected chi connectivity index (χ4v) is 5.04. The van der Waals surface area contributed by atoms with Gasteiger partial charge in [-0.05, 0) is 53.3 Å². The number of rotatable bonds is 8. The normalized spacial score (nSPS) is 19.1. The number of halogens is 3. The van der Waals surface area contributed by atoms with Gasteiger partial charge in [-0.2, -0.15) is 18.4 Å². The minimum absolute atomic E-state index is 0.0275. The van der Waals surface area contributed by atoms with Gasteiger partial charge in [-0.15, -0.1) is 0 Å². The highest BCUT2D eigenvalue weighted by Gasteiger charge is 2.51. The van der Waals surface area contributed by atoms with E-state index in [9.17, 15) is 22.8 Å². The van der Waals surface area contributed by atoms with E-state index in [2.05, 4.69) is 10.6 Å². The summed E-state index contributed by atoms with van der Waals surface area (Å²) in [6.45, 7) is 3.87. The molecule has 1 aliphatic rings. The van der Waals surface area contributed by atoms with Crippen LogP contribution in [-0.4, -0.2) is 23.0 Å². The van der Waals surface area contributed by atoms with Crippen molar-refractivity contribution in [1.82, 2.24) is 15.5 Å². The first kappa shape index (κ1) is 28.8. The molecule has 208 valence electrons. The second-order valence-corrected chi connectivity index (χ2v) is 10.3. The summed E-state index contributed by atoms with van der Waals surface area (Å²) < 4.78 is 41.5. The van der Waals surface area contributed by atoms with Crippen molar-refractivity contribution in [2.75, 3.05) is 0 Å². The van der Waals surface area contributed by atoms with E-state index in [1.807, 2.05) is 50.2 Å². The summed E-state index contributed by atoms with van der Waals surface area (Å²) in [6.07, 6.45) is -5.18. The van der Waals surface area contributed by atoms with Crippen LogP contribution in [0.4, 0.5) is 13.2 Å². The Morgan fingerprint density at radius 2 is 1.75 bits per heavy atom. The van der Waals surface area contributed by atoms with Crippen molar-refractivity contribution in [2.45, 2.75) is 51.4 Å². The molecular formula is C30H30F3N5O2. The summed E-state index contributed by atoms with van der Waals surface area (Å²) in [4.78, 5) is 28.2. The molecule has 0 saturated carbocycles. The maximum Gasteiger partial charge on any atom is 0.417 e. The van der Waals surface area contributed by atoms with E-state index >= 15 is 0 Å². The smallest absolute Gasteiger partial charge is 0.348 e. The van der Waals surface area contributed by atoms with Crippen molar-refractivity contribution < 1.29 is 22.8 Å². The molecule has 1 fully saturated rings. The third-order valence-electron chi connectivity index (χ3n) is 6.86. The zero-order valence-corrected chi connectivity index (χ0v) is 22.1. The number of nitrogens with zero attached hydrogens (tertiary/aromatic N) is 2. The van der Waals surface area contributed by atoms with E-state index in [4.69, 9.17) is 11.0 Å². The number of carbonyl (C=O) groups is 2. The van der Waals surface area contributed by atoms with Gasteiger partial charge in [0.25, 0.3) is 5.91 Å². The Kier molecular flexibility index (Phi) is 8.28. The molecule has 4 rings (SSSR count). The average molecular weight is 550 g/mol. The molecule has 0 aliphatic carbocycles. The number of hydrogen-bond acceptors (Lipinski definition) is 5. The first-order valence-corrected chi connectivity index (χ1v) is 12.8. The number of carbonyl (C=O) groups excluding carboxylic acids is 2. The second-order valence-electron chi connectivity index (χ2n) is 10.3. The van der Waals surface area contributed by atoms with Crippen molar-refractivity contribution in [3.05, 3.63) is 106 Å². The molecule has 2 atom stereocenters. The van der Waals surface area contributed by atoms with Gasteiger partial charge in [0.1, 0.15) is 11.8 Å². The van der Waals surface area contributed by atoms with Gasteiger partial charge in [0.2, 0.25) is 5.91 Å². The van der Waals surface area contributed by atoms with E-state index in [0.717, 1.165) is 17.7 Å². The molecule has 1 saturated heterocycles. The molecule has 0 aromatic heterocycles. The van der Waals surface area contributed by atoms with Gasteiger partial charge >= 0.3 is 6.18 Å². The van der Waals surface area contributed by atoms with Crippen LogP contribution in [0.25, 0.3) is 0 Å². The largest absolute Gasteiger partial charge is 0.417 e. The second kappa shape index (κ2) is 11.5. The van der Waals surface area contributed by atoms with E-state index in [1.165, 1.54) is 11.0 Å². The van der Waals surface area contributed by atoms with Crippen molar-refractivity contribution in [3.63, 3.8) is 0 Å². The molecule has 3 aromatic carbocycles. The van der Waals surface area contributed by atoms with Crippen LogP contribution in [0.2, 0.25) is 0 Å². The van der Waals surface area contributed by atoms with Crippen molar-refractivity contribution >= 4 is 11.8 Å². The molecule has 3 aromatic rings. The lowest BCUT2D eigenvalue weighted by molar-refractivity contribution is -0.138. The van der Waals surface area contributed by atoms with Crippen LogP contribution in [0.15, 0.2) is 72.8 Å². The lowest BCUT2D eigenvalue weighted by Crippen LogP contribution is -2.48. The molecular weight excluding hydrogens is 519 g/mol. The predicted molar refractivity (Wildman–Crippen MR) is 143 cm³/mol. The van der Waals surface area contributed by atoms with Gasteiger partial charge in [-0.3, -0.25) is 20.6 Å². The quantitative estimate of drug-likeness (QED) is 0.380. The third-order valence-corrected chi connectivity index (χ3v) is 6.86. The van der Waals surface area contributed by atoms with Crippen LogP contribution in [-0.2, 0) is 29.6 Å². The van der Waals surface area contributed by atoms with Crippen LogP contribution >= 0.6 is 0 Å². The summed E-state index contributed by atoms with van der Waals surface area (Å²) >= 11 is 0. The number of alkyl halides is 3. The minimum atomic E-state index is -4.76. The Labute approximate surface area is 230 Å². The Morgan fingerprint density at radius 1 is 1.10 bits per heavy atom. The van der Waals surface area contributed by atoms with Crippen LogP contribution in [0.1, 0.15) is 58.4 Å². The monoisotopic (exact) mass is 549 g/mol. The Morgan fingerprint density at radius 3 is 2.35 bits per heavy atom. The minimum Gasteiger partial charge on any atom is -0.348 e. The summed E-state index contributed by atoms with van der Waals surface area (Å²) in [5, 5.41) is 14.7. The molecule has 2 amide bonds. The SMILES string of the molecule is CC(C)CC1(c2ccccc2)NC(N)N(Cc2ccc(C(F)(F)F)c(C(=O)NCc3ccc(C#N)cc3)c2)C1=O. The molecule has 1 aliphatic heterocycles. The predicted octanol–water partition coefficient (Wildman–Crippen LogP) is 4.62. The third kappa shape index (κ3) is 6.01. The first-order chi connectivity index (χ1) is 18.9. The van der Waals surface area contributed by atoms with Crippen molar-refractivity contribution in [3.8, 4) is 6.07 Å². The number of benzene rings is 3. The summed E-state index contributed by atoms with van der Waals surface area (Å²) in [6, 6.07) is 20.8. The Bertz CT molecular complexity index is 1420. The highest BCUT2D eigenvalue weighted by Crippen LogP contribution is 2.37. The highest BCUT2D eigenvalue weighted by atomic mass is 19.4. The van der Waals surface area contributed by atoms with Gasteiger partial charge in [-0.1, -0.05) is 62.4 Å². The Hall–Kier alpha value is -4.20. The first-order valence-electron chi connectivity index (χ1n) is 12.8. The van der Waals surface area contributed by atoms with E-state index in [1.54, 1.807) is 24.3 Å². The lowest BCUT2D eigenvalue weighted by Gasteiger charge is -2.30. The fraction of sp³-hybridized carbons (Fsp3) is 0.300. The summed E-state index contributed by atoms with van der Waals surface area (Å²) in [5.41, 5.74) is 5.77. The summed E-state index contributed by atoms with van der Waals surface area (Å²) in [7, 11) is 0. The number of nitrogens with one attached hydrogen (secondary N) is 2. The van der Waals surface area contributed by atoms with Crippen LogP contribution in [0.3, 0.4) is 0 Å². The van der Waals surface area contributed by atoms with Crippen LogP contribution < -0.4 is 16.4 Å². The zero-order valence-electron chi connectivity index (χ0n) is 22.1. The molecule has 40 heavy (non-hydrogen) atoms. The lowest BCUT2D eigenvalue weighted by atomic mass is 9.82. The Balaban J connectivity index is 1.60. The number of hydrogen-bond donors (Lipinski definition) is 3. The molecule has 0 bridgehead atoms. The topological polar surface area (TPSA) is 111 Å². The standard InChI is InChI=1S/C30H30F3N5O2/c1-19(2)15-29(23-6-4-3-5-7-23)27(40)38(28(35)37-29)18-22-12-13-25(30(31,32)33)24(14-22)26(39)36-17-21-10-8-20(16-34)9-11-21/h3-14,19,28,37H,15,17-18,35H2,1-2H3,(H,36,39). The van der Waals surface area contributed by atoms with Crippen LogP contribution in [0, 0.1) is 17.2 Å².